The summed E-state index contributed by atoms with van der Waals surface area (Å²) in [5, 5.41) is 8.70. The van der Waals surface area contributed by atoms with Gasteiger partial charge in [-0.15, -0.1) is 0 Å². The minimum atomic E-state index is -2.68. The first-order valence-corrected chi connectivity index (χ1v) is 4.08. The Hall–Kier alpha value is -1.83. The Kier molecular flexibility index (Phi) is 3.45. The summed E-state index contributed by atoms with van der Waals surface area (Å²) in [7, 11) is 2.64. The SMILES string of the molecule is COc1cc(OC)c(C(F)F)cc1C#N. The van der Waals surface area contributed by atoms with Gasteiger partial charge in [-0.3, -0.25) is 0 Å². The van der Waals surface area contributed by atoms with Crippen LogP contribution in [-0.4, -0.2) is 14.2 Å². The van der Waals surface area contributed by atoms with Gasteiger partial charge in [0.05, 0.1) is 25.3 Å². The number of methoxy groups -OCH3 is 2. The van der Waals surface area contributed by atoms with Crippen LogP contribution in [0.5, 0.6) is 11.5 Å². The van der Waals surface area contributed by atoms with Crippen molar-refractivity contribution in [3.05, 3.63) is 23.3 Å². The van der Waals surface area contributed by atoms with Crippen LogP contribution in [0, 0.1) is 11.3 Å². The van der Waals surface area contributed by atoms with Gasteiger partial charge in [0.15, 0.2) is 0 Å². The van der Waals surface area contributed by atoms with Gasteiger partial charge in [0.1, 0.15) is 17.6 Å². The summed E-state index contributed by atoms with van der Waals surface area (Å²) in [5.74, 6) is 0.236. The van der Waals surface area contributed by atoms with Crippen molar-refractivity contribution in [1.82, 2.24) is 0 Å². The molecule has 0 aliphatic heterocycles. The Balaban J connectivity index is 3.36. The molecule has 0 heterocycles. The highest BCUT2D eigenvalue weighted by Crippen LogP contribution is 2.34. The molecule has 1 aromatic carbocycles. The number of hydrogen-bond donors (Lipinski definition) is 0. The van der Waals surface area contributed by atoms with Crippen LogP contribution in [0.1, 0.15) is 17.6 Å². The standard InChI is InChI=1S/C10H9F2NO2/c1-14-8-4-9(15-2)7(10(11)12)3-6(8)5-13/h3-4,10H,1-2H3. The van der Waals surface area contributed by atoms with Crippen molar-refractivity contribution in [1.29, 1.82) is 5.26 Å². The van der Waals surface area contributed by atoms with Gasteiger partial charge in [-0.05, 0) is 6.07 Å². The molecule has 0 N–H and O–H groups in total. The number of rotatable bonds is 3. The van der Waals surface area contributed by atoms with Gasteiger partial charge < -0.3 is 9.47 Å². The van der Waals surface area contributed by atoms with Crippen LogP contribution < -0.4 is 9.47 Å². The van der Waals surface area contributed by atoms with E-state index in [1.165, 1.54) is 20.3 Å². The lowest BCUT2D eigenvalue weighted by Gasteiger charge is -2.10. The van der Waals surface area contributed by atoms with Crippen LogP contribution in [0.25, 0.3) is 0 Å². The normalized spacial score (nSPS) is 9.87. The summed E-state index contributed by atoms with van der Waals surface area (Å²) in [6, 6.07) is 4.13. The quantitative estimate of drug-likeness (QED) is 0.774. The first-order chi connectivity index (χ1) is 7.13. The highest BCUT2D eigenvalue weighted by molar-refractivity contribution is 5.52. The molecule has 15 heavy (non-hydrogen) atoms. The predicted molar refractivity (Wildman–Crippen MR) is 49.2 cm³/mol. The second-order valence-electron chi connectivity index (χ2n) is 2.71. The molecule has 1 aromatic rings. The second kappa shape index (κ2) is 4.60. The molecule has 0 saturated heterocycles. The zero-order valence-electron chi connectivity index (χ0n) is 8.25. The smallest absolute Gasteiger partial charge is 0.267 e. The Labute approximate surface area is 85.8 Å². The van der Waals surface area contributed by atoms with E-state index in [1.807, 2.05) is 0 Å². The summed E-state index contributed by atoms with van der Waals surface area (Å²) in [6.07, 6.45) is -2.68. The second-order valence-corrected chi connectivity index (χ2v) is 2.71. The minimum Gasteiger partial charge on any atom is -0.496 e. The van der Waals surface area contributed by atoms with E-state index in [4.69, 9.17) is 14.7 Å². The molecule has 0 aromatic heterocycles. The number of halogens is 2. The third-order valence-electron chi connectivity index (χ3n) is 1.91. The van der Waals surface area contributed by atoms with E-state index in [0.29, 0.717) is 0 Å². The zero-order valence-corrected chi connectivity index (χ0v) is 8.25. The molecule has 0 atom stereocenters. The Bertz CT molecular complexity index is 399. The van der Waals surface area contributed by atoms with Crippen molar-refractivity contribution in [2.75, 3.05) is 14.2 Å². The third-order valence-corrected chi connectivity index (χ3v) is 1.91. The van der Waals surface area contributed by atoms with Crippen LogP contribution in [-0.2, 0) is 0 Å². The molecule has 0 spiro atoms. The first-order valence-electron chi connectivity index (χ1n) is 4.08. The summed E-state index contributed by atoms with van der Waals surface area (Å²) in [4.78, 5) is 0. The van der Waals surface area contributed by atoms with E-state index < -0.39 is 6.43 Å². The van der Waals surface area contributed by atoms with Gasteiger partial charge >= 0.3 is 0 Å². The number of hydrogen-bond acceptors (Lipinski definition) is 3. The number of nitrogens with zero attached hydrogens (tertiary/aromatic N) is 1. The summed E-state index contributed by atoms with van der Waals surface area (Å²) in [6.45, 7) is 0. The lowest BCUT2D eigenvalue weighted by atomic mass is 10.1. The van der Waals surface area contributed by atoms with Gasteiger partial charge in [0.2, 0.25) is 0 Å². The minimum absolute atomic E-state index is 0.0147. The molecule has 0 saturated carbocycles. The van der Waals surface area contributed by atoms with E-state index in [-0.39, 0.29) is 22.6 Å². The largest absolute Gasteiger partial charge is 0.496 e. The molecule has 5 heteroatoms. The molecule has 0 bridgehead atoms. The topological polar surface area (TPSA) is 42.2 Å². The summed E-state index contributed by atoms with van der Waals surface area (Å²) >= 11 is 0. The molecule has 3 nitrogen and oxygen atoms in total. The Morgan fingerprint density at radius 1 is 1.20 bits per heavy atom. The fourth-order valence-electron chi connectivity index (χ4n) is 1.18. The van der Waals surface area contributed by atoms with Crippen molar-refractivity contribution in [3.63, 3.8) is 0 Å². The highest BCUT2D eigenvalue weighted by atomic mass is 19.3. The molecule has 0 amide bonds. The monoisotopic (exact) mass is 213 g/mol. The number of benzene rings is 1. The summed E-state index contributed by atoms with van der Waals surface area (Å²) in [5.41, 5.74) is -0.247. The molecular formula is C10H9F2NO2. The van der Waals surface area contributed by atoms with Crippen LogP contribution >= 0.6 is 0 Å². The molecule has 0 fully saturated rings. The van der Waals surface area contributed by atoms with E-state index in [0.717, 1.165) is 6.07 Å². The van der Waals surface area contributed by atoms with E-state index >= 15 is 0 Å². The van der Waals surface area contributed by atoms with Crippen molar-refractivity contribution in [2.45, 2.75) is 6.43 Å². The first kappa shape index (κ1) is 11.2. The van der Waals surface area contributed by atoms with E-state index in [2.05, 4.69) is 0 Å². The van der Waals surface area contributed by atoms with Crippen molar-refractivity contribution in [3.8, 4) is 17.6 Å². The molecule has 0 aliphatic carbocycles. The van der Waals surface area contributed by atoms with Crippen LogP contribution in [0.2, 0.25) is 0 Å². The number of ether oxygens (including phenoxy) is 2. The fourth-order valence-corrected chi connectivity index (χ4v) is 1.18. The molecule has 0 aliphatic rings. The van der Waals surface area contributed by atoms with Crippen molar-refractivity contribution in [2.24, 2.45) is 0 Å². The van der Waals surface area contributed by atoms with Gasteiger partial charge in [0.25, 0.3) is 6.43 Å². The van der Waals surface area contributed by atoms with Crippen LogP contribution in [0.4, 0.5) is 8.78 Å². The van der Waals surface area contributed by atoms with Gasteiger partial charge in [-0.1, -0.05) is 0 Å². The van der Waals surface area contributed by atoms with Gasteiger partial charge in [0, 0.05) is 6.07 Å². The van der Waals surface area contributed by atoms with Gasteiger partial charge in [-0.2, -0.15) is 5.26 Å². The zero-order chi connectivity index (χ0) is 11.4. The van der Waals surface area contributed by atoms with Crippen molar-refractivity contribution < 1.29 is 18.3 Å². The maximum atomic E-state index is 12.5. The maximum absolute atomic E-state index is 12.5. The molecule has 80 valence electrons. The van der Waals surface area contributed by atoms with Crippen LogP contribution in [0.3, 0.4) is 0 Å². The van der Waals surface area contributed by atoms with Crippen molar-refractivity contribution >= 4 is 0 Å². The van der Waals surface area contributed by atoms with E-state index in [9.17, 15) is 8.78 Å². The average molecular weight is 213 g/mol. The Morgan fingerprint density at radius 3 is 2.20 bits per heavy atom. The molecule has 0 unspecified atom stereocenters. The fraction of sp³-hybridized carbons (Fsp3) is 0.300. The van der Waals surface area contributed by atoms with Crippen LogP contribution in [0.15, 0.2) is 12.1 Å². The molecule has 0 radical (unpaired) electrons. The lowest BCUT2D eigenvalue weighted by Crippen LogP contribution is -1.96. The molecule has 1 rings (SSSR count). The average Bonchev–Trinajstić information content (AvgIpc) is 2.26. The highest BCUT2D eigenvalue weighted by Gasteiger charge is 2.17. The Morgan fingerprint density at radius 2 is 1.80 bits per heavy atom. The van der Waals surface area contributed by atoms with E-state index in [1.54, 1.807) is 6.07 Å². The maximum Gasteiger partial charge on any atom is 0.267 e. The number of alkyl halides is 2. The predicted octanol–water partition coefficient (Wildman–Crippen LogP) is 2.51. The van der Waals surface area contributed by atoms with Gasteiger partial charge in [-0.25, -0.2) is 8.78 Å². The summed E-state index contributed by atoms with van der Waals surface area (Å²) < 4.78 is 34.7. The number of nitriles is 1. The lowest BCUT2D eigenvalue weighted by molar-refractivity contribution is 0.147. The molecular weight excluding hydrogens is 204 g/mol. The third kappa shape index (κ3) is 2.15.